The molecule has 10 N–H and O–H groups in total. The minimum atomic E-state index is -5.85. The lowest BCUT2D eigenvalue weighted by molar-refractivity contribution is -0.437. The predicted molar refractivity (Wildman–Crippen MR) is 269 cm³/mol. The Bertz CT molecular complexity index is 3310. The molecule has 4 heterocycles. The lowest BCUT2D eigenvalue weighted by atomic mass is 9.81. The first-order valence-corrected chi connectivity index (χ1v) is 30.8. The number of nitrogen functional groups attached to an aromatic ring is 1. The summed E-state index contributed by atoms with van der Waals surface area (Å²) in [6.45, 7) is 9.51. The van der Waals surface area contributed by atoms with Crippen LogP contribution in [0.15, 0.2) is 87.2 Å². The van der Waals surface area contributed by atoms with E-state index in [2.05, 4.69) is 23.4 Å². The first-order chi connectivity index (χ1) is 34.6. The Hall–Kier alpha value is -4.26. The number of phosphoric acid groups is 3. The van der Waals surface area contributed by atoms with Crippen LogP contribution in [0.5, 0.6) is 0 Å². The third-order valence-corrected chi connectivity index (χ3v) is 18.7. The highest BCUT2D eigenvalue weighted by Gasteiger charge is 2.48. The molecular formula is C42H55N6O21P3S3. The number of nitrogens with two attached hydrogens (primary N) is 1. The summed E-state index contributed by atoms with van der Waals surface area (Å²) < 4.78 is 125. The first kappa shape index (κ1) is 60.0. The number of phosphoric ester groups is 1. The quantitative estimate of drug-likeness (QED) is 0.0302. The number of carbonyl (C=O) groups excluding carboxylic acids is 1. The molecule has 0 bridgehead atoms. The zero-order chi connectivity index (χ0) is 55.9. The summed E-state index contributed by atoms with van der Waals surface area (Å²) in [7, 11) is -26.4. The molecule has 1 fully saturated rings. The first-order valence-electron chi connectivity index (χ1n) is 22.3. The van der Waals surface area contributed by atoms with Gasteiger partial charge in [0.15, 0.2) is 11.9 Å². The molecule has 75 heavy (non-hydrogen) atoms. The third kappa shape index (κ3) is 14.1. The Morgan fingerprint density at radius 2 is 1.64 bits per heavy atom. The Morgan fingerprint density at radius 3 is 2.28 bits per heavy atom. The van der Waals surface area contributed by atoms with Gasteiger partial charge in [0.05, 0.1) is 27.6 Å². The van der Waals surface area contributed by atoms with E-state index in [-0.39, 0.29) is 39.4 Å². The van der Waals surface area contributed by atoms with Crippen molar-refractivity contribution in [2.45, 2.75) is 86.2 Å². The smallest absolute Gasteiger partial charge is 0.490 e. The SMILES string of the molecule is CCN1C(=CC=CC2=[N+](CCCSCC(=O)NCC=Cc3cn(C4OC(COP(=O)(O)OP(=O)(O)OP(=O)(O)O)C(O)C4O)c(=O)nc3N)c3ccc(S(=O)(=O)O)cc3C2(C)C)C(C)(C)c2cc(S(=O)(=O)[O-])ccc21. The summed E-state index contributed by atoms with van der Waals surface area (Å²) in [5.74, 6) is -0.0300. The van der Waals surface area contributed by atoms with Crippen molar-refractivity contribution in [1.29, 1.82) is 0 Å². The second kappa shape index (κ2) is 22.6. The molecule has 3 aliphatic heterocycles. The van der Waals surface area contributed by atoms with Crippen LogP contribution in [0.1, 0.15) is 64.0 Å². The molecule has 27 nitrogen and oxygen atoms in total. The molecule has 1 aromatic heterocycles. The summed E-state index contributed by atoms with van der Waals surface area (Å²) in [5.41, 5.74) is 7.99. The van der Waals surface area contributed by atoms with Crippen LogP contribution >= 0.6 is 35.2 Å². The van der Waals surface area contributed by atoms with Gasteiger partial charge in [-0.15, -0.1) is 0 Å². The number of hydrogen-bond acceptors (Lipinski definition) is 20. The topological polar surface area (TPSA) is 417 Å². The van der Waals surface area contributed by atoms with Crippen molar-refractivity contribution in [3.05, 3.63) is 99.8 Å². The van der Waals surface area contributed by atoms with Gasteiger partial charge in [-0.1, -0.05) is 32.1 Å². The van der Waals surface area contributed by atoms with E-state index < -0.39 is 91.4 Å². The average Bonchev–Trinajstić information content (AvgIpc) is 3.77. The van der Waals surface area contributed by atoms with Crippen molar-refractivity contribution >= 4 is 90.4 Å². The number of ether oxygens (including phenoxy) is 1. The van der Waals surface area contributed by atoms with Gasteiger partial charge in [-0.05, 0) is 68.5 Å². The summed E-state index contributed by atoms with van der Waals surface area (Å²) in [6.07, 6.45) is 3.02. The highest BCUT2D eigenvalue weighted by molar-refractivity contribution is 7.99. The zero-order valence-corrected chi connectivity index (χ0v) is 45.6. The molecule has 6 atom stereocenters. The average molecular weight is 1170 g/mol. The van der Waals surface area contributed by atoms with Crippen molar-refractivity contribution in [1.82, 2.24) is 14.9 Å². The monoisotopic (exact) mass is 1170 g/mol. The van der Waals surface area contributed by atoms with Gasteiger partial charge in [0.25, 0.3) is 10.1 Å². The van der Waals surface area contributed by atoms with Gasteiger partial charge in [0, 0.05) is 65.8 Å². The molecule has 0 saturated carbocycles. The molecule has 2 aromatic carbocycles. The molecule has 6 rings (SSSR count). The van der Waals surface area contributed by atoms with Gasteiger partial charge in [0.1, 0.15) is 40.8 Å². The molecule has 33 heteroatoms. The molecular weight excluding hydrogens is 1110 g/mol. The van der Waals surface area contributed by atoms with Crippen LogP contribution in [0, 0.1) is 0 Å². The Labute approximate surface area is 434 Å². The van der Waals surface area contributed by atoms with Gasteiger partial charge in [0.2, 0.25) is 11.6 Å². The van der Waals surface area contributed by atoms with Crippen LogP contribution in [0.25, 0.3) is 6.08 Å². The molecule has 0 aliphatic carbocycles. The number of carbonyl (C=O) groups is 1. The number of allylic oxidation sites excluding steroid dienone is 4. The van der Waals surface area contributed by atoms with Crippen LogP contribution in [0.3, 0.4) is 0 Å². The lowest BCUT2D eigenvalue weighted by Gasteiger charge is -2.25. The minimum absolute atomic E-state index is 0.0176. The van der Waals surface area contributed by atoms with Gasteiger partial charge < -0.3 is 55.0 Å². The Morgan fingerprint density at radius 1 is 0.973 bits per heavy atom. The minimum Gasteiger partial charge on any atom is -0.744 e. The summed E-state index contributed by atoms with van der Waals surface area (Å²) in [4.78, 5) is 67.2. The number of aliphatic hydroxyl groups excluding tert-OH is 2. The van der Waals surface area contributed by atoms with E-state index in [1.807, 2.05) is 62.3 Å². The van der Waals surface area contributed by atoms with Crippen molar-refractivity contribution in [3.8, 4) is 0 Å². The normalized spacial score (nSPS) is 22.7. The van der Waals surface area contributed by atoms with E-state index in [4.69, 9.17) is 20.3 Å². The molecule has 3 aliphatic rings. The van der Waals surface area contributed by atoms with Crippen molar-refractivity contribution in [3.63, 3.8) is 0 Å². The number of nitrogens with zero attached hydrogens (tertiary/aromatic N) is 4. The fourth-order valence-corrected chi connectivity index (χ4v) is 13.5. The van der Waals surface area contributed by atoms with Crippen LogP contribution in [-0.2, 0) is 67.4 Å². The van der Waals surface area contributed by atoms with Crippen molar-refractivity contribution < 1.29 is 96.7 Å². The summed E-state index contributed by atoms with van der Waals surface area (Å²) >= 11 is 1.35. The maximum atomic E-state index is 12.8. The number of anilines is 2. The van der Waals surface area contributed by atoms with Crippen LogP contribution in [-0.4, -0.2) is 138 Å². The number of hydrogen-bond donors (Lipinski definition) is 9. The molecule has 1 saturated heterocycles. The number of thioether (sulfide) groups is 1. The van der Waals surface area contributed by atoms with Crippen LogP contribution in [0.2, 0.25) is 0 Å². The number of rotatable bonds is 22. The van der Waals surface area contributed by atoms with Crippen molar-refractivity contribution in [2.24, 2.45) is 0 Å². The van der Waals surface area contributed by atoms with Crippen molar-refractivity contribution in [2.75, 3.05) is 48.4 Å². The van der Waals surface area contributed by atoms with Gasteiger partial charge >= 0.3 is 29.2 Å². The molecule has 0 radical (unpaired) electrons. The number of benzene rings is 2. The number of aliphatic hydroxyl groups is 2. The van der Waals surface area contributed by atoms with E-state index >= 15 is 0 Å². The highest BCUT2D eigenvalue weighted by atomic mass is 32.2. The lowest BCUT2D eigenvalue weighted by Crippen LogP contribution is -2.36. The van der Waals surface area contributed by atoms with E-state index in [1.54, 1.807) is 12.1 Å². The maximum absolute atomic E-state index is 12.8. The number of nitrogens with one attached hydrogen (secondary N) is 1. The third-order valence-electron chi connectivity index (χ3n) is 12.2. The molecule has 1 amide bonds. The number of likely N-dealkylation sites (N-methyl/N-ethyl adjacent to an activating group) is 1. The standard InChI is InChI=1S/C42H55N6O21P3S3/c1-6-46-30-15-13-26(74(60,61)62)20-28(30)41(2,3)33(46)11-7-12-34-42(4,5)29-21-27(75(63,64)65)14-16-31(29)47(34)18-9-19-73-24-35(49)44-17-8-10-25-22-48(40(52)45-38(25)43)39-37(51)36(50)32(67-39)23-66-71(56,57)69-72(58,59)68-70(53,54)55/h7-8,10-16,20-22,32,36-37,39,50-51H,6,9,17-19,23-24H2,1-5H3,(H8-,43,44,45,49,52,53,54,55,56,57,58,59,60,61,62,63,64,65). The number of fused-ring (bicyclic) bond motifs is 2. The van der Waals surface area contributed by atoms with Gasteiger partial charge in [-0.3, -0.25) is 18.4 Å². The fourth-order valence-electron chi connectivity index (χ4n) is 8.71. The van der Waals surface area contributed by atoms with E-state index in [9.17, 15) is 69.2 Å². The van der Waals surface area contributed by atoms with E-state index in [0.29, 0.717) is 36.4 Å². The highest BCUT2D eigenvalue weighted by Crippen LogP contribution is 2.66. The van der Waals surface area contributed by atoms with Crippen LogP contribution in [0.4, 0.5) is 17.2 Å². The second-order valence-corrected chi connectivity index (χ2v) is 26.4. The van der Waals surface area contributed by atoms with Gasteiger partial charge in [-0.2, -0.15) is 38.4 Å². The number of aromatic nitrogens is 2. The second-order valence-electron chi connectivity index (χ2n) is 18.0. The molecule has 6 unspecified atom stereocenters. The Kier molecular flexibility index (Phi) is 18.1. The van der Waals surface area contributed by atoms with E-state index in [0.717, 1.165) is 33.5 Å². The van der Waals surface area contributed by atoms with E-state index in [1.165, 1.54) is 48.2 Å². The molecule has 412 valence electrons. The van der Waals surface area contributed by atoms with Gasteiger partial charge in [-0.25, -0.2) is 26.9 Å². The fraction of sp³-hybridized carbons (Fsp3) is 0.429. The molecule has 3 aromatic rings. The maximum Gasteiger partial charge on any atom is 0.490 e. The summed E-state index contributed by atoms with van der Waals surface area (Å²) in [5, 5.41) is 23.9. The largest absolute Gasteiger partial charge is 0.744 e. The Balaban J connectivity index is 1.07. The predicted octanol–water partition coefficient (Wildman–Crippen LogP) is 2.53. The van der Waals surface area contributed by atoms with Crippen LogP contribution < -0.4 is 21.6 Å². The zero-order valence-electron chi connectivity index (χ0n) is 40.5. The summed E-state index contributed by atoms with van der Waals surface area (Å²) in [6, 6.07) is 8.73. The number of amides is 1. The molecule has 0 spiro atoms.